The highest BCUT2D eigenvalue weighted by Crippen LogP contribution is 2.40. The SMILES string of the molecule is CN1CCN(N(c2ccccc2)c2ncnc3c2cnn3C2CCc3c(O)cccc32)CC1. The van der Waals surface area contributed by atoms with Gasteiger partial charge in [-0.15, -0.1) is 0 Å². The third-order valence-corrected chi connectivity index (χ3v) is 6.84. The van der Waals surface area contributed by atoms with Crippen LogP contribution in [0, 0.1) is 0 Å². The molecule has 1 aliphatic carbocycles. The molecule has 1 saturated heterocycles. The Balaban J connectivity index is 1.45. The number of hydrogen-bond donors (Lipinski definition) is 1. The normalized spacial score (nSPS) is 19.1. The first-order valence-electron chi connectivity index (χ1n) is 11.5. The summed E-state index contributed by atoms with van der Waals surface area (Å²) in [5, 5.41) is 20.6. The average molecular weight is 442 g/mol. The summed E-state index contributed by atoms with van der Waals surface area (Å²) < 4.78 is 2.00. The molecule has 168 valence electrons. The standard InChI is InChI=1S/C25H27N7O/c1-29-12-14-30(15-13-29)32(18-6-3-2-4-7-18)25-21-16-28-31(24(21)26-17-27-25)22-11-10-20-19(22)8-5-9-23(20)33/h2-9,16-17,22,33H,10-15H2,1H3. The molecule has 1 unspecified atom stereocenters. The number of aromatic nitrogens is 4. The number of anilines is 2. The number of fused-ring (bicyclic) bond motifs is 2. The van der Waals surface area contributed by atoms with E-state index in [4.69, 9.17) is 10.1 Å². The summed E-state index contributed by atoms with van der Waals surface area (Å²) in [5.74, 6) is 1.21. The van der Waals surface area contributed by atoms with Gasteiger partial charge in [0.1, 0.15) is 12.1 Å². The fourth-order valence-electron chi connectivity index (χ4n) is 5.10. The van der Waals surface area contributed by atoms with Gasteiger partial charge < -0.3 is 10.0 Å². The summed E-state index contributed by atoms with van der Waals surface area (Å²) in [6.45, 7) is 3.83. The number of phenolic OH excluding ortho intramolecular Hbond substituents is 1. The van der Waals surface area contributed by atoms with Gasteiger partial charge in [-0.05, 0) is 49.2 Å². The zero-order chi connectivity index (χ0) is 22.4. The van der Waals surface area contributed by atoms with E-state index < -0.39 is 0 Å². The minimum atomic E-state index is 0.0566. The fourth-order valence-corrected chi connectivity index (χ4v) is 5.10. The van der Waals surface area contributed by atoms with Crippen molar-refractivity contribution in [2.75, 3.05) is 38.2 Å². The molecule has 3 heterocycles. The Hall–Kier alpha value is -3.49. The van der Waals surface area contributed by atoms with E-state index in [2.05, 4.69) is 57.3 Å². The topological polar surface area (TPSA) is 73.5 Å². The van der Waals surface area contributed by atoms with Crippen LogP contribution in [0.15, 0.2) is 61.1 Å². The number of para-hydroxylation sites is 1. The van der Waals surface area contributed by atoms with Crippen molar-refractivity contribution in [2.45, 2.75) is 18.9 Å². The number of likely N-dealkylation sites (N-methyl/N-ethyl adjacent to an activating group) is 1. The van der Waals surface area contributed by atoms with Crippen LogP contribution in [0.1, 0.15) is 23.6 Å². The van der Waals surface area contributed by atoms with Gasteiger partial charge in [-0.2, -0.15) is 5.10 Å². The van der Waals surface area contributed by atoms with E-state index in [0.29, 0.717) is 5.75 Å². The van der Waals surface area contributed by atoms with Crippen molar-refractivity contribution in [2.24, 2.45) is 0 Å². The van der Waals surface area contributed by atoms with Gasteiger partial charge in [-0.1, -0.05) is 30.3 Å². The smallest absolute Gasteiger partial charge is 0.163 e. The Morgan fingerprint density at radius 2 is 1.79 bits per heavy atom. The Morgan fingerprint density at radius 1 is 0.970 bits per heavy atom. The third-order valence-electron chi connectivity index (χ3n) is 6.84. The van der Waals surface area contributed by atoms with Gasteiger partial charge in [0, 0.05) is 26.2 Å². The van der Waals surface area contributed by atoms with E-state index in [0.717, 1.165) is 72.7 Å². The van der Waals surface area contributed by atoms with Crippen molar-refractivity contribution in [1.82, 2.24) is 29.7 Å². The van der Waals surface area contributed by atoms with Crippen molar-refractivity contribution in [1.29, 1.82) is 0 Å². The van der Waals surface area contributed by atoms with Gasteiger partial charge in [0.2, 0.25) is 0 Å². The van der Waals surface area contributed by atoms with E-state index in [9.17, 15) is 5.11 Å². The largest absolute Gasteiger partial charge is 0.508 e. The summed E-state index contributed by atoms with van der Waals surface area (Å²) in [4.78, 5) is 11.7. The molecule has 8 heteroatoms. The molecule has 1 N–H and O–H groups in total. The molecule has 0 bridgehead atoms. The predicted molar refractivity (Wildman–Crippen MR) is 128 cm³/mol. The molecular formula is C25H27N7O. The molecular weight excluding hydrogens is 414 g/mol. The summed E-state index contributed by atoms with van der Waals surface area (Å²) >= 11 is 0. The molecule has 0 radical (unpaired) electrons. The van der Waals surface area contributed by atoms with Crippen LogP contribution in [0.5, 0.6) is 5.75 Å². The summed E-state index contributed by atoms with van der Waals surface area (Å²) in [6.07, 6.45) is 5.25. The maximum atomic E-state index is 10.3. The molecule has 6 rings (SSSR count). The zero-order valence-corrected chi connectivity index (χ0v) is 18.7. The lowest BCUT2D eigenvalue weighted by Crippen LogP contribution is -2.51. The Bertz CT molecular complexity index is 1280. The van der Waals surface area contributed by atoms with Crippen LogP contribution in [0.2, 0.25) is 0 Å². The summed E-state index contributed by atoms with van der Waals surface area (Å²) in [6, 6.07) is 16.2. The van der Waals surface area contributed by atoms with E-state index >= 15 is 0 Å². The quantitative estimate of drug-likeness (QED) is 0.521. The number of hydrazine groups is 1. The lowest BCUT2D eigenvalue weighted by atomic mass is 10.1. The van der Waals surface area contributed by atoms with E-state index in [1.54, 1.807) is 12.4 Å². The molecule has 2 aromatic heterocycles. The number of phenols is 1. The molecule has 8 nitrogen and oxygen atoms in total. The first-order chi connectivity index (χ1) is 16.2. The van der Waals surface area contributed by atoms with Gasteiger partial charge in [0.25, 0.3) is 0 Å². The first kappa shape index (κ1) is 20.1. The van der Waals surface area contributed by atoms with Crippen molar-refractivity contribution < 1.29 is 5.11 Å². The lowest BCUT2D eigenvalue weighted by molar-refractivity contribution is 0.154. The van der Waals surface area contributed by atoms with E-state index in [1.165, 1.54) is 0 Å². The second-order valence-corrected chi connectivity index (χ2v) is 8.83. The minimum absolute atomic E-state index is 0.0566. The molecule has 2 aromatic carbocycles. The van der Waals surface area contributed by atoms with Crippen molar-refractivity contribution in [3.05, 3.63) is 72.2 Å². The van der Waals surface area contributed by atoms with Crippen molar-refractivity contribution in [3.8, 4) is 5.75 Å². The third kappa shape index (κ3) is 3.42. The predicted octanol–water partition coefficient (Wildman–Crippen LogP) is 3.37. The van der Waals surface area contributed by atoms with Crippen LogP contribution >= 0.6 is 0 Å². The molecule has 0 spiro atoms. The first-order valence-corrected chi connectivity index (χ1v) is 11.5. The van der Waals surface area contributed by atoms with Crippen LogP contribution in [0.25, 0.3) is 11.0 Å². The van der Waals surface area contributed by atoms with Crippen LogP contribution < -0.4 is 5.01 Å². The maximum absolute atomic E-state index is 10.3. The van der Waals surface area contributed by atoms with Gasteiger partial charge in [0.05, 0.1) is 23.3 Å². The molecule has 4 aromatic rings. The maximum Gasteiger partial charge on any atom is 0.163 e. The lowest BCUT2D eigenvalue weighted by Gasteiger charge is -2.40. The summed E-state index contributed by atoms with van der Waals surface area (Å²) in [5.41, 5.74) is 4.03. The second kappa shape index (κ2) is 8.13. The second-order valence-electron chi connectivity index (χ2n) is 8.83. The van der Waals surface area contributed by atoms with E-state index in [1.807, 2.05) is 23.0 Å². The molecule has 0 saturated carbocycles. The summed E-state index contributed by atoms with van der Waals surface area (Å²) in [7, 11) is 2.16. The Labute approximate surface area is 192 Å². The fraction of sp³-hybridized carbons (Fsp3) is 0.320. The van der Waals surface area contributed by atoms with Gasteiger partial charge >= 0.3 is 0 Å². The van der Waals surface area contributed by atoms with Crippen LogP contribution in [0.3, 0.4) is 0 Å². The Kier molecular flexibility index (Phi) is 4.96. The highest BCUT2D eigenvalue weighted by molar-refractivity contribution is 5.89. The van der Waals surface area contributed by atoms with Gasteiger partial charge in [-0.3, -0.25) is 5.01 Å². The van der Waals surface area contributed by atoms with Crippen molar-refractivity contribution >= 4 is 22.5 Å². The van der Waals surface area contributed by atoms with Crippen LogP contribution in [-0.4, -0.2) is 68.0 Å². The van der Waals surface area contributed by atoms with Gasteiger partial charge in [-0.25, -0.2) is 19.7 Å². The van der Waals surface area contributed by atoms with Crippen LogP contribution in [-0.2, 0) is 6.42 Å². The molecule has 2 aliphatic rings. The number of hydrogen-bond acceptors (Lipinski definition) is 7. The molecule has 33 heavy (non-hydrogen) atoms. The minimum Gasteiger partial charge on any atom is -0.508 e. The number of aromatic hydroxyl groups is 1. The molecule has 1 fully saturated rings. The molecule has 0 amide bonds. The average Bonchev–Trinajstić information content (AvgIpc) is 3.46. The monoisotopic (exact) mass is 441 g/mol. The highest BCUT2D eigenvalue weighted by atomic mass is 16.3. The van der Waals surface area contributed by atoms with Crippen molar-refractivity contribution in [3.63, 3.8) is 0 Å². The van der Waals surface area contributed by atoms with Gasteiger partial charge in [0.15, 0.2) is 11.5 Å². The highest BCUT2D eigenvalue weighted by Gasteiger charge is 2.30. The zero-order valence-electron chi connectivity index (χ0n) is 18.7. The molecule has 1 aliphatic heterocycles. The number of piperazine rings is 1. The number of nitrogens with zero attached hydrogens (tertiary/aromatic N) is 7. The Morgan fingerprint density at radius 3 is 2.61 bits per heavy atom. The number of benzene rings is 2. The van der Waals surface area contributed by atoms with E-state index in [-0.39, 0.29) is 6.04 Å². The van der Waals surface area contributed by atoms with Crippen LogP contribution in [0.4, 0.5) is 11.5 Å². The molecule has 1 atom stereocenters. The number of rotatable bonds is 4.